The first-order chi connectivity index (χ1) is 7.75. The van der Waals surface area contributed by atoms with Crippen LogP contribution in [0.4, 0.5) is 0 Å². The molecule has 1 atom stereocenters. The highest BCUT2D eigenvalue weighted by molar-refractivity contribution is 7.90. The van der Waals surface area contributed by atoms with Crippen molar-refractivity contribution >= 4 is 16.0 Å². The van der Waals surface area contributed by atoms with Crippen LogP contribution in [0, 0.1) is 6.92 Å². The minimum Gasteiger partial charge on any atom is -0.480 e. The molecule has 1 aromatic rings. The van der Waals surface area contributed by atoms with Crippen LogP contribution in [0.1, 0.15) is 18.6 Å². The van der Waals surface area contributed by atoms with E-state index in [1.807, 2.05) is 0 Å². The second kappa shape index (κ2) is 4.80. The molecule has 96 valence electrons. The Bertz CT molecular complexity index is 509. The maximum atomic E-state index is 11.8. The van der Waals surface area contributed by atoms with Crippen molar-refractivity contribution in [3.63, 3.8) is 0 Å². The molecule has 2 N–H and O–H groups in total. The molecule has 0 saturated carbocycles. The van der Waals surface area contributed by atoms with Crippen LogP contribution in [-0.2, 0) is 21.4 Å². The third kappa shape index (κ3) is 3.01. The van der Waals surface area contributed by atoms with Gasteiger partial charge in [-0.25, -0.2) is 13.4 Å². The molecule has 1 unspecified atom stereocenters. The molecule has 0 aromatic carbocycles. The Morgan fingerprint density at radius 1 is 1.59 bits per heavy atom. The third-order valence-electron chi connectivity index (χ3n) is 2.24. The third-order valence-corrected chi connectivity index (χ3v) is 4.33. The number of nitrogens with one attached hydrogen (secondary N) is 1. The lowest BCUT2D eigenvalue weighted by Gasteiger charge is -2.17. The van der Waals surface area contributed by atoms with Crippen molar-refractivity contribution in [1.29, 1.82) is 0 Å². The smallest absolute Gasteiger partial charge is 0.323 e. The molecule has 0 spiro atoms. The van der Waals surface area contributed by atoms with E-state index < -0.39 is 21.2 Å². The van der Waals surface area contributed by atoms with Gasteiger partial charge in [-0.1, -0.05) is 0 Å². The molecule has 0 amide bonds. The van der Waals surface area contributed by atoms with Gasteiger partial charge in [-0.3, -0.25) is 9.89 Å². The van der Waals surface area contributed by atoms with Gasteiger partial charge < -0.3 is 5.11 Å². The number of nitrogens with zero attached hydrogens (tertiary/aromatic N) is 3. The molecule has 1 aromatic heterocycles. The molecule has 0 aliphatic heterocycles. The Morgan fingerprint density at radius 2 is 2.18 bits per heavy atom. The molecule has 0 aliphatic carbocycles. The van der Waals surface area contributed by atoms with E-state index in [4.69, 9.17) is 5.11 Å². The van der Waals surface area contributed by atoms with Gasteiger partial charge in [0.25, 0.3) is 0 Å². The van der Waals surface area contributed by atoms with Crippen LogP contribution < -0.4 is 0 Å². The zero-order valence-corrected chi connectivity index (χ0v) is 10.5. The maximum absolute atomic E-state index is 11.8. The van der Waals surface area contributed by atoms with E-state index in [-0.39, 0.29) is 6.54 Å². The summed E-state index contributed by atoms with van der Waals surface area (Å²) in [6, 6.07) is 0. The SMILES string of the molecule is Cc1nc(CN(C)S(=O)(=O)C(C)C(=O)O)n[nH]1. The summed E-state index contributed by atoms with van der Waals surface area (Å²) in [5.74, 6) is -0.522. The topological polar surface area (TPSA) is 116 Å². The molecule has 8 nitrogen and oxygen atoms in total. The Hall–Kier alpha value is -1.48. The summed E-state index contributed by atoms with van der Waals surface area (Å²) in [6.07, 6.45) is 0. The standard InChI is InChI=1S/C8H14N4O4S/c1-5(8(13)14)17(15,16)12(3)4-7-9-6(2)10-11-7/h5H,4H2,1-3H3,(H,13,14)(H,9,10,11). The van der Waals surface area contributed by atoms with Gasteiger partial charge in [-0.15, -0.1) is 0 Å². The van der Waals surface area contributed by atoms with Crippen LogP contribution in [0.3, 0.4) is 0 Å². The van der Waals surface area contributed by atoms with Crippen molar-refractivity contribution in [3.05, 3.63) is 11.6 Å². The quantitative estimate of drug-likeness (QED) is 0.728. The number of hydrogen-bond acceptors (Lipinski definition) is 5. The average Bonchev–Trinajstić information content (AvgIpc) is 2.62. The first-order valence-electron chi connectivity index (χ1n) is 4.81. The summed E-state index contributed by atoms with van der Waals surface area (Å²) >= 11 is 0. The second-order valence-corrected chi connectivity index (χ2v) is 5.98. The highest BCUT2D eigenvalue weighted by atomic mass is 32.2. The van der Waals surface area contributed by atoms with Crippen molar-refractivity contribution in [2.24, 2.45) is 0 Å². The minimum atomic E-state index is -3.89. The van der Waals surface area contributed by atoms with Crippen molar-refractivity contribution in [2.45, 2.75) is 25.6 Å². The number of hydrogen-bond donors (Lipinski definition) is 2. The molecule has 0 aliphatic rings. The molecular formula is C8H14N4O4S. The normalized spacial score (nSPS) is 13.9. The van der Waals surface area contributed by atoms with E-state index in [1.54, 1.807) is 6.92 Å². The van der Waals surface area contributed by atoms with Gasteiger partial charge in [0.15, 0.2) is 11.1 Å². The lowest BCUT2D eigenvalue weighted by atomic mass is 10.5. The molecule has 1 heterocycles. The number of carboxylic acids is 1. The predicted molar refractivity (Wildman–Crippen MR) is 58.6 cm³/mol. The van der Waals surface area contributed by atoms with Crippen molar-refractivity contribution in [2.75, 3.05) is 7.05 Å². The predicted octanol–water partition coefficient (Wildman–Crippen LogP) is -0.652. The molecule has 0 radical (unpaired) electrons. The highest BCUT2D eigenvalue weighted by Gasteiger charge is 2.32. The van der Waals surface area contributed by atoms with E-state index in [0.717, 1.165) is 11.2 Å². The maximum Gasteiger partial charge on any atom is 0.323 e. The Labute approximate surface area is 98.7 Å². The van der Waals surface area contributed by atoms with Crippen LogP contribution in [0.5, 0.6) is 0 Å². The molecule has 17 heavy (non-hydrogen) atoms. The van der Waals surface area contributed by atoms with Crippen molar-refractivity contribution < 1.29 is 18.3 Å². The second-order valence-electron chi connectivity index (χ2n) is 3.62. The Morgan fingerprint density at radius 3 is 2.59 bits per heavy atom. The number of aryl methyl sites for hydroxylation is 1. The van der Waals surface area contributed by atoms with Gasteiger partial charge in [0, 0.05) is 7.05 Å². The number of aliphatic carboxylic acids is 1. The van der Waals surface area contributed by atoms with E-state index in [1.165, 1.54) is 7.05 Å². The van der Waals surface area contributed by atoms with E-state index in [0.29, 0.717) is 11.6 Å². The summed E-state index contributed by atoms with van der Waals surface area (Å²) in [7, 11) is -2.60. The molecular weight excluding hydrogens is 248 g/mol. The van der Waals surface area contributed by atoms with Gasteiger partial charge in [-0.05, 0) is 13.8 Å². The first-order valence-corrected chi connectivity index (χ1v) is 6.31. The largest absolute Gasteiger partial charge is 0.480 e. The molecule has 0 fully saturated rings. The van der Waals surface area contributed by atoms with Gasteiger partial charge in [0.2, 0.25) is 10.0 Å². The fourth-order valence-electron chi connectivity index (χ4n) is 1.15. The monoisotopic (exact) mass is 262 g/mol. The summed E-state index contributed by atoms with van der Waals surface area (Å²) in [5, 5.41) is 13.6. The Balaban J connectivity index is 2.83. The molecule has 0 saturated heterocycles. The lowest BCUT2D eigenvalue weighted by Crippen LogP contribution is -2.38. The van der Waals surface area contributed by atoms with Gasteiger partial charge in [0.1, 0.15) is 5.82 Å². The van der Waals surface area contributed by atoms with Gasteiger partial charge in [0.05, 0.1) is 6.54 Å². The number of aromatic nitrogens is 3. The molecule has 0 bridgehead atoms. The zero-order chi connectivity index (χ0) is 13.2. The number of carboxylic acid groups (broad SMARTS) is 1. The van der Waals surface area contributed by atoms with Gasteiger partial charge in [-0.2, -0.15) is 9.40 Å². The van der Waals surface area contributed by atoms with E-state index >= 15 is 0 Å². The van der Waals surface area contributed by atoms with Crippen LogP contribution in [0.25, 0.3) is 0 Å². The Kier molecular flexibility index (Phi) is 3.83. The van der Waals surface area contributed by atoms with Crippen LogP contribution in [-0.4, -0.2) is 51.3 Å². The number of aromatic amines is 1. The number of sulfonamides is 1. The average molecular weight is 262 g/mol. The summed E-state index contributed by atoms with van der Waals surface area (Å²) in [6.45, 7) is 2.74. The fraction of sp³-hybridized carbons (Fsp3) is 0.625. The van der Waals surface area contributed by atoms with Crippen molar-refractivity contribution in [1.82, 2.24) is 19.5 Å². The summed E-state index contributed by atoms with van der Waals surface area (Å²) in [5.41, 5.74) is 0. The number of rotatable bonds is 5. The summed E-state index contributed by atoms with van der Waals surface area (Å²) in [4.78, 5) is 14.6. The zero-order valence-electron chi connectivity index (χ0n) is 9.71. The van der Waals surface area contributed by atoms with Crippen LogP contribution >= 0.6 is 0 Å². The number of H-pyrrole nitrogens is 1. The van der Waals surface area contributed by atoms with E-state index in [9.17, 15) is 13.2 Å². The lowest BCUT2D eigenvalue weighted by molar-refractivity contribution is -0.136. The number of carbonyl (C=O) groups is 1. The fourth-order valence-corrected chi connectivity index (χ4v) is 2.24. The first kappa shape index (κ1) is 13.6. The highest BCUT2D eigenvalue weighted by Crippen LogP contribution is 2.09. The van der Waals surface area contributed by atoms with E-state index in [2.05, 4.69) is 15.2 Å². The van der Waals surface area contributed by atoms with Crippen LogP contribution in [0.15, 0.2) is 0 Å². The summed E-state index contributed by atoms with van der Waals surface area (Å²) < 4.78 is 24.4. The van der Waals surface area contributed by atoms with Crippen LogP contribution in [0.2, 0.25) is 0 Å². The van der Waals surface area contributed by atoms with Crippen molar-refractivity contribution in [3.8, 4) is 0 Å². The molecule has 1 rings (SSSR count). The minimum absolute atomic E-state index is 0.0652. The molecule has 9 heteroatoms. The van der Waals surface area contributed by atoms with Gasteiger partial charge >= 0.3 is 5.97 Å².